The molecule has 0 bridgehead atoms. The molecular weight excluding hydrogens is 280 g/mol. The maximum absolute atomic E-state index is 11.7. The third-order valence-corrected chi connectivity index (χ3v) is 2.87. The first-order chi connectivity index (χ1) is 9.34. The Morgan fingerprint density at radius 2 is 2.20 bits per heavy atom. The zero-order chi connectivity index (χ0) is 13.3. The van der Waals surface area contributed by atoms with Crippen molar-refractivity contribution < 1.29 is 14.3 Å². The summed E-state index contributed by atoms with van der Waals surface area (Å²) in [6, 6.07) is 9.69. The van der Waals surface area contributed by atoms with Crippen molar-refractivity contribution in [2.24, 2.45) is 0 Å². The molecule has 1 aromatic carbocycles. The van der Waals surface area contributed by atoms with E-state index in [-0.39, 0.29) is 24.4 Å². The van der Waals surface area contributed by atoms with Crippen LogP contribution in [0.1, 0.15) is 6.42 Å². The fourth-order valence-corrected chi connectivity index (χ4v) is 1.92. The number of benzene rings is 1. The fraction of sp³-hybridized carbons (Fsp3) is 0.500. The van der Waals surface area contributed by atoms with Crippen LogP contribution < -0.4 is 15.4 Å². The molecule has 6 heteroatoms. The highest BCUT2D eigenvalue weighted by atomic mass is 35.5. The van der Waals surface area contributed by atoms with Crippen LogP contribution in [0.3, 0.4) is 0 Å². The fourth-order valence-electron chi connectivity index (χ4n) is 1.92. The minimum absolute atomic E-state index is 0. The Morgan fingerprint density at radius 1 is 1.40 bits per heavy atom. The number of nitrogens with one attached hydrogen (secondary N) is 2. The highest BCUT2D eigenvalue weighted by molar-refractivity contribution is 5.85. The largest absolute Gasteiger partial charge is 0.492 e. The molecule has 0 spiro atoms. The lowest BCUT2D eigenvalue weighted by Crippen LogP contribution is -2.44. The van der Waals surface area contributed by atoms with Crippen LogP contribution in [0.2, 0.25) is 0 Å². The first kappa shape index (κ1) is 16.8. The van der Waals surface area contributed by atoms with Gasteiger partial charge in [0.15, 0.2) is 0 Å². The summed E-state index contributed by atoms with van der Waals surface area (Å²) in [7, 11) is 0. The van der Waals surface area contributed by atoms with Gasteiger partial charge in [-0.2, -0.15) is 0 Å². The Morgan fingerprint density at radius 3 is 2.90 bits per heavy atom. The van der Waals surface area contributed by atoms with Crippen molar-refractivity contribution >= 4 is 18.3 Å². The summed E-state index contributed by atoms with van der Waals surface area (Å²) in [5.41, 5.74) is 0. The van der Waals surface area contributed by atoms with Crippen molar-refractivity contribution in [3.05, 3.63) is 30.3 Å². The second kappa shape index (κ2) is 9.58. The predicted octanol–water partition coefficient (Wildman–Crippen LogP) is 0.982. The van der Waals surface area contributed by atoms with E-state index in [1.807, 2.05) is 30.3 Å². The quantitative estimate of drug-likeness (QED) is 0.769. The summed E-state index contributed by atoms with van der Waals surface area (Å²) in [6.07, 6.45) is 0.450. The topological polar surface area (TPSA) is 59.6 Å². The molecule has 0 aliphatic carbocycles. The highest BCUT2D eigenvalue weighted by Gasteiger charge is 2.16. The van der Waals surface area contributed by atoms with E-state index < -0.39 is 0 Å². The van der Waals surface area contributed by atoms with Crippen LogP contribution in [-0.4, -0.2) is 44.9 Å². The van der Waals surface area contributed by atoms with Crippen LogP contribution in [0.4, 0.5) is 0 Å². The Hall–Kier alpha value is -1.30. The summed E-state index contributed by atoms with van der Waals surface area (Å²) in [5.74, 6) is 0.846. The zero-order valence-corrected chi connectivity index (χ0v) is 12.2. The van der Waals surface area contributed by atoms with Crippen molar-refractivity contribution in [3.8, 4) is 5.75 Å². The average molecular weight is 301 g/mol. The summed E-state index contributed by atoms with van der Waals surface area (Å²) in [4.78, 5) is 11.7. The lowest BCUT2D eigenvalue weighted by molar-refractivity contribution is -0.122. The van der Waals surface area contributed by atoms with Crippen molar-refractivity contribution in [1.29, 1.82) is 0 Å². The average Bonchev–Trinajstić information content (AvgIpc) is 2.46. The van der Waals surface area contributed by atoms with Crippen molar-refractivity contribution in [1.82, 2.24) is 10.6 Å². The molecule has 1 amide bonds. The van der Waals surface area contributed by atoms with E-state index in [4.69, 9.17) is 9.47 Å². The molecule has 2 rings (SSSR count). The van der Waals surface area contributed by atoms with Crippen molar-refractivity contribution in [3.63, 3.8) is 0 Å². The Bertz CT molecular complexity index is 383. The van der Waals surface area contributed by atoms with Gasteiger partial charge < -0.3 is 20.1 Å². The molecule has 0 radical (unpaired) electrons. The molecule has 0 saturated carbocycles. The molecule has 112 valence electrons. The molecule has 1 aromatic rings. The number of hydrogen-bond donors (Lipinski definition) is 2. The van der Waals surface area contributed by atoms with Gasteiger partial charge in [0.25, 0.3) is 0 Å². The van der Waals surface area contributed by atoms with Crippen LogP contribution in [0, 0.1) is 0 Å². The van der Waals surface area contributed by atoms with Gasteiger partial charge in [-0.25, -0.2) is 0 Å². The number of halogens is 1. The molecule has 1 fully saturated rings. The van der Waals surface area contributed by atoms with Gasteiger partial charge in [0.1, 0.15) is 12.4 Å². The number of ether oxygens (including phenoxy) is 2. The first-order valence-corrected chi connectivity index (χ1v) is 6.60. The van der Waals surface area contributed by atoms with E-state index in [1.165, 1.54) is 0 Å². The molecule has 0 aromatic heterocycles. The second-order valence-corrected chi connectivity index (χ2v) is 4.44. The standard InChI is InChI=1S/C14H20N2O3.ClH/c17-14(10-12-11-18-8-6-15-12)16-7-9-19-13-4-2-1-3-5-13;/h1-5,12,15H,6-11H2,(H,16,17);1H. The Labute approximate surface area is 125 Å². The number of morpholine rings is 1. The van der Waals surface area contributed by atoms with Crippen LogP contribution in [0.5, 0.6) is 5.75 Å². The molecule has 2 N–H and O–H groups in total. The summed E-state index contributed by atoms with van der Waals surface area (Å²) < 4.78 is 10.8. The van der Waals surface area contributed by atoms with Crippen LogP contribution in [-0.2, 0) is 9.53 Å². The van der Waals surface area contributed by atoms with E-state index in [1.54, 1.807) is 0 Å². The number of carbonyl (C=O) groups is 1. The minimum Gasteiger partial charge on any atom is -0.492 e. The van der Waals surface area contributed by atoms with E-state index in [2.05, 4.69) is 10.6 Å². The predicted molar refractivity (Wildman–Crippen MR) is 79.4 cm³/mol. The van der Waals surface area contributed by atoms with E-state index in [9.17, 15) is 4.79 Å². The number of carbonyl (C=O) groups excluding carboxylic acids is 1. The molecule has 1 aliphatic rings. The highest BCUT2D eigenvalue weighted by Crippen LogP contribution is 2.07. The van der Waals surface area contributed by atoms with Gasteiger partial charge in [-0.15, -0.1) is 12.4 Å². The normalized spacial score (nSPS) is 17.9. The van der Waals surface area contributed by atoms with Gasteiger partial charge in [-0.3, -0.25) is 4.79 Å². The molecule has 5 nitrogen and oxygen atoms in total. The summed E-state index contributed by atoms with van der Waals surface area (Å²) >= 11 is 0. The molecular formula is C14H21ClN2O3. The number of amides is 1. The van der Waals surface area contributed by atoms with E-state index in [0.717, 1.165) is 18.9 Å². The number of para-hydroxylation sites is 1. The number of rotatable bonds is 6. The molecule has 1 heterocycles. The van der Waals surface area contributed by atoms with Gasteiger partial charge in [-0.1, -0.05) is 18.2 Å². The van der Waals surface area contributed by atoms with Gasteiger partial charge >= 0.3 is 0 Å². The van der Waals surface area contributed by atoms with Gasteiger partial charge in [0.05, 0.1) is 19.8 Å². The van der Waals surface area contributed by atoms with E-state index in [0.29, 0.717) is 26.2 Å². The number of hydrogen-bond acceptors (Lipinski definition) is 4. The van der Waals surface area contributed by atoms with Gasteiger partial charge in [0.2, 0.25) is 5.91 Å². The van der Waals surface area contributed by atoms with Crippen LogP contribution in [0.15, 0.2) is 30.3 Å². The van der Waals surface area contributed by atoms with Gasteiger partial charge in [-0.05, 0) is 12.1 Å². The Balaban J connectivity index is 0.00000200. The van der Waals surface area contributed by atoms with Crippen molar-refractivity contribution in [2.45, 2.75) is 12.5 Å². The summed E-state index contributed by atoms with van der Waals surface area (Å²) in [6.45, 7) is 3.14. The van der Waals surface area contributed by atoms with Crippen molar-refractivity contribution in [2.75, 3.05) is 32.9 Å². The first-order valence-electron chi connectivity index (χ1n) is 6.60. The van der Waals surface area contributed by atoms with Crippen LogP contribution in [0.25, 0.3) is 0 Å². The molecule has 20 heavy (non-hydrogen) atoms. The molecule has 1 saturated heterocycles. The maximum atomic E-state index is 11.7. The Kier molecular flexibility index (Phi) is 8.02. The zero-order valence-electron chi connectivity index (χ0n) is 11.3. The van der Waals surface area contributed by atoms with Gasteiger partial charge in [0, 0.05) is 19.0 Å². The summed E-state index contributed by atoms with van der Waals surface area (Å²) in [5, 5.41) is 6.09. The second-order valence-electron chi connectivity index (χ2n) is 4.44. The maximum Gasteiger partial charge on any atom is 0.221 e. The van der Waals surface area contributed by atoms with E-state index >= 15 is 0 Å². The molecule has 1 atom stereocenters. The monoisotopic (exact) mass is 300 g/mol. The molecule has 1 aliphatic heterocycles. The molecule has 1 unspecified atom stereocenters. The third-order valence-electron chi connectivity index (χ3n) is 2.87. The van der Waals surface area contributed by atoms with Crippen LogP contribution >= 0.6 is 12.4 Å². The third kappa shape index (κ3) is 6.23. The lowest BCUT2D eigenvalue weighted by Gasteiger charge is -2.23. The smallest absolute Gasteiger partial charge is 0.221 e. The minimum atomic E-state index is 0. The SMILES string of the molecule is Cl.O=C(CC1COCCN1)NCCOc1ccccc1. The lowest BCUT2D eigenvalue weighted by atomic mass is 10.2.